The van der Waals surface area contributed by atoms with E-state index >= 15 is 0 Å². The molecule has 1 unspecified atom stereocenters. The molecule has 0 radical (unpaired) electrons. The number of benzene rings is 1. The van der Waals surface area contributed by atoms with Crippen molar-refractivity contribution in [2.75, 3.05) is 34.3 Å². The quantitative estimate of drug-likeness (QED) is 0.449. The standard InChI is InChI=1S/C21H24N2O5/c1-22(2)11-5-12-23-18(16-6-4-13-28-16)17(20(25)21(23)26)19(24)14-7-9-15(27-3)10-8-14/h4,6-10,13,18,24H,5,11-12H2,1-3H3/b19-17-. The first-order valence-electron chi connectivity index (χ1n) is 9.05. The van der Waals surface area contributed by atoms with Gasteiger partial charge in [0.1, 0.15) is 23.3 Å². The van der Waals surface area contributed by atoms with Crippen LogP contribution in [0.4, 0.5) is 0 Å². The van der Waals surface area contributed by atoms with E-state index in [4.69, 9.17) is 9.15 Å². The highest BCUT2D eigenvalue weighted by molar-refractivity contribution is 6.46. The van der Waals surface area contributed by atoms with Crippen LogP contribution in [-0.2, 0) is 9.59 Å². The fourth-order valence-corrected chi connectivity index (χ4v) is 3.31. The maximum atomic E-state index is 12.8. The van der Waals surface area contributed by atoms with Gasteiger partial charge in [-0.05, 0) is 63.5 Å². The van der Waals surface area contributed by atoms with Crippen LogP contribution in [0.15, 0.2) is 52.7 Å². The van der Waals surface area contributed by atoms with Crippen molar-refractivity contribution in [3.63, 3.8) is 0 Å². The number of rotatable bonds is 7. The zero-order valence-corrected chi connectivity index (χ0v) is 16.2. The maximum Gasteiger partial charge on any atom is 0.295 e. The van der Waals surface area contributed by atoms with Gasteiger partial charge in [0.2, 0.25) is 0 Å². The van der Waals surface area contributed by atoms with Gasteiger partial charge in [-0.2, -0.15) is 0 Å². The Labute approximate surface area is 163 Å². The van der Waals surface area contributed by atoms with Crippen molar-refractivity contribution in [1.82, 2.24) is 9.80 Å². The van der Waals surface area contributed by atoms with Gasteiger partial charge in [-0.1, -0.05) is 0 Å². The minimum Gasteiger partial charge on any atom is -0.507 e. The van der Waals surface area contributed by atoms with E-state index in [0.29, 0.717) is 30.0 Å². The molecule has 7 nitrogen and oxygen atoms in total. The highest BCUT2D eigenvalue weighted by Gasteiger charge is 2.47. The molecule has 2 aromatic rings. The van der Waals surface area contributed by atoms with Crippen LogP contribution in [0.25, 0.3) is 5.76 Å². The Balaban J connectivity index is 2.01. The van der Waals surface area contributed by atoms with E-state index in [2.05, 4.69) is 0 Å². The summed E-state index contributed by atoms with van der Waals surface area (Å²) in [6.07, 6.45) is 2.18. The predicted molar refractivity (Wildman–Crippen MR) is 104 cm³/mol. The maximum absolute atomic E-state index is 12.8. The van der Waals surface area contributed by atoms with Crippen molar-refractivity contribution in [3.05, 3.63) is 59.6 Å². The Hall–Kier alpha value is -3.06. The zero-order valence-electron chi connectivity index (χ0n) is 16.2. The number of carbonyl (C=O) groups is 2. The number of carbonyl (C=O) groups excluding carboxylic acids is 2. The molecule has 1 N–H and O–H groups in total. The molecular weight excluding hydrogens is 360 g/mol. The minimum atomic E-state index is -0.751. The Morgan fingerprint density at radius 1 is 1.21 bits per heavy atom. The number of aliphatic hydroxyl groups excluding tert-OH is 1. The van der Waals surface area contributed by atoms with Crippen LogP contribution in [0.3, 0.4) is 0 Å². The van der Waals surface area contributed by atoms with E-state index in [1.165, 1.54) is 11.2 Å². The second-order valence-electron chi connectivity index (χ2n) is 6.89. The molecule has 1 aliphatic heterocycles. The van der Waals surface area contributed by atoms with Gasteiger partial charge in [0.25, 0.3) is 11.7 Å². The topological polar surface area (TPSA) is 83.2 Å². The molecule has 1 saturated heterocycles. The molecule has 3 rings (SSSR count). The molecule has 0 aliphatic carbocycles. The van der Waals surface area contributed by atoms with Crippen molar-refractivity contribution in [3.8, 4) is 5.75 Å². The van der Waals surface area contributed by atoms with Crippen molar-refractivity contribution in [2.24, 2.45) is 0 Å². The summed E-state index contributed by atoms with van der Waals surface area (Å²) in [5.74, 6) is -0.491. The molecule has 1 fully saturated rings. The lowest BCUT2D eigenvalue weighted by molar-refractivity contribution is -0.140. The fraction of sp³-hybridized carbons (Fsp3) is 0.333. The van der Waals surface area contributed by atoms with Crippen LogP contribution in [0, 0.1) is 0 Å². The average Bonchev–Trinajstić information content (AvgIpc) is 3.29. The smallest absolute Gasteiger partial charge is 0.295 e. The summed E-state index contributed by atoms with van der Waals surface area (Å²) in [6.45, 7) is 1.15. The number of likely N-dealkylation sites (tertiary alicyclic amines) is 1. The Bertz CT molecular complexity index is 869. The number of hydrogen-bond donors (Lipinski definition) is 1. The number of hydrogen-bond acceptors (Lipinski definition) is 6. The van der Waals surface area contributed by atoms with Crippen molar-refractivity contribution in [1.29, 1.82) is 0 Å². The lowest BCUT2D eigenvalue weighted by Gasteiger charge is -2.24. The molecule has 1 aromatic carbocycles. The van der Waals surface area contributed by atoms with E-state index in [1.807, 2.05) is 19.0 Å². The Kier molecular flexibility index (Phi) is 5.84. The lowest BCUT2D eigenvalue weighted by atomic mass is 9.99. The van der Waals surface area contributed by atoms with Gasteiger partial charge in [-0.3, -0.25) is 9.59 Å². The van der Waals surface area contributed by atoms with E-state index in [-0.39, 0.29) is 11.3 Å². The molecule has 1 amide bonds. The van der Waals surface area contributed by atoms with E-state index < -0.39 is 17.7 Å². The summed E-state index contributed by atoms with van der Waals surface area (Å²) < 4.78 is 10.6. The summed E-state index contributed by atoms with van der Waals surface area (Å²) in [5.41, 5.74) is 0.471. The Morgan fingerprint density at radius 3 is 2.50 bits per heavy atom. The molecule has 1 aliphatic rings. The second kappa shape index (κ2) is 8.31. The molecule has 1 atom stereocenters. The van der Waals surface area contributed by atoms with E-state index in [1.54, 1.807) is 43.5 Å². The number of aliphatic hydroxyl groups is 1. The number of amides is 1. The third kappa shape index (κ3) is 3.80. The number of ether oxygens (including phenoxy) is 1. The lowest BCUT2D eigenvalue weighted by Crippen LogP contribution is -2.32. The first kappa shape index (κ1) is 19.7. The average molecular weight is 384 g/mol. The van der Waals surface area contributed by atoms with Crippen molar-refractivity contribution >= 4 is 17.4 Å². The molecule has 0 spiro atoms. The molecule has 0 bridgehead atoms. The van der Waals surface area contributed by atoms with Crippen LogP contribution in [0.5, 0.6) is 5.75 Å². The van der Waals surface area contributed by atoms with E-state index in [9.17, 15) is 14.7 Å². The number of furan rings is 1. The Morgan fingerprint density at radius 2 is 1.93 bits per heavy atom. The van der Waals surface area contributed by atoms with Gasteiger partial charge in [0.05, 0.1) is 18.9 Å². The number of methoxy groups -OCH3 is 1. The summed E-state index contributed by atoms with van der Waals surface area (Å²) in [6, 6.07) is 9.31. The van der Waals surface area contributed by atoms with E-state index in [0.717, 1.165) is 6.54 Å². The molecule has 2 heterocycles. The fourth-order valence-electron chi connectivity index (χ4n) is 3.31. The van der Waals surface area contributed by atoms with Gasteiger partial charge >= 0.3 is 0 Å². The number of Topliss-reactive ketones (excluding diaryl/α,β-unsaturated/α-hetero) is 1. The molecule has 148 valence electrons. The monoisotopic (exact) mass is 384 g/mol. The second-order valence-corrected chi connectivity index (χ2v) is 6.89. The third-order valence-electron chi connectivity index (χ3n) is 4.72. The summed E-state index contributed by atoms with van der Waals surface area (Å²) in [5, 5.41) is 10.9. The zero-order chi connectivity index (χ0) is 20.3. The van der Waals surface area contributed by atoms with Gasteiger partial charge in [-0.15, -0.1) is 0 Å². The summed E-state index contributed by atoms with van der Waals surface area (Å²) >= 11 is 0. The molecule has 7 heteroatoms. The highest BCUT2D eigenvalue weighted by Crippen LogP contribution is 2.39. The van der Waals surface area contributed by atoms with Crippen LogP contribution in [0.1, 0.15) is 23.8 Å². The van der Waals surface area contributed by atoms with Crippen LogP contribution >= 0.6 is 0 Å². The summed E-state index contributed by atoms with van der Waals surface area (Å²) in [7, 11) is 5.44. The number of nitrogens with zero attached hydrogens (tertiary/aromatic N) is 2. The molecule has 28 heavy (non-hydrogen) atoms. The normalized spacial score (nSPS) is 18.9. The van der Waals surface area contributed by atoms with Gasteiger partial charge < -0.3 is 24.1 Å². The largest absolute Gasteiger partial charge is 0.507 e. The van der Waals surface area contributed by atoms with Crippen LogP contribution < -0.4 is 4.74 Å². The predicted octanol–water partition coefficient (Wildman–Crippen LogP) is 2.66. The molecule has 0 saturated carbocycles. The van der Waals surface area contributed by atoms with Crippen molar-refractivity contribution < 1.29 is 23.8 Å². The van der Waals surface area contributed by atoms with Gasteiger partial charge in [0.15, 0.2) is 0 Å². The van der Waals surface area contributed by atoms with Gasteiger partial charge in [-0.25, -0.2) is 0 Å². The van der Waals surface area contributed by atoms with Gasteiger partial charge in [0, 0.05) is 12.1 Å². The first-order chi connectivity index (χ1) is 13.4. The third-order valence-corrected chi connectivity index (χ3v) is 4.72. The highest BCUT2D eigenvalue weighted by atomic mass is 16.5. The SMILES string of the molecule is COc1ccc(/C(O)=C2/C(=O)C(=O)N(CCCN(C)C)C2c2ccco2)cc1. The summed E-state index contributed by atoms with van der Waals surface area (Å²) in [4.78, 5) is 28.9. The number of ketones is 1. The van der Waals surface area contributed by atoms with Crippen molar-refractivity contribution in [2.45, 2.75) is 12.5 Å². The van der Waals surface area contributed by atoms with Crippen LogP contribution in [-0.4, -0.2) is 60.9 Å². The minimum absolute atomic E-state index is 0.0370. The first-order valence-corrected chi connectivity index (χ1v) is 9.05. The molecular formula is C21H24N2O5. The van der Waals surface area contributed by atoms with Crippen LogP contribution in [0.2, 0.25) is 0 Å². The molecule has 1 aromatic heterocycles.